The summed E-state index contributed by atoms with van der Waals surface area (Å²) in [5.41, 5.74) is 0.554. The minimum Gasteiger partial charge on any atom is -0.307 e. The summed E-state index contributed by atoms with van der Waals surface area (Å²) in [5, 5.41) is 3.11. The highest BCUT2D eigenvalue weighted by atomic mass is 32.2. The van der Waals surface area contributed by atoms with E-state index in [2.05, 4.69) is 5.32 Å². The summed E-state index contributed by atoms with van der Waals surface area (Å²) in [6.45, 7) is 5.25. The van der Waals surface area contributed by atoms with E-state index >= 15 is 0 Å². The van der Waals surface area contributed by atoms with Gasteiger partial charge in [0.2, 0.25) is 0 Å². The molecule has 0 saturated heterocycles. The second-order valence-corrected chi connectivity index (χ2v) is 6.91. The maximum Gasteiger partial charge on any atom is 0.151 e. The largest absolute Gasteiger partial charge is 0.307 e. The smallest absolute Gasteiger partial charge is 0.151 e. The van der Waals surface area contributed by atoms with Crippen molar-refractivity contribution in [1.29, 1.82) is 0 Å². The van der Waals surface area contributed by atoms with E-state index in [9.17, 15) is 12.8 Å². The van der Waals surface area contributed by atoms with Gasteiger partial charge in [-0.05, 0) is 19.9 Å². The molecule has 0 radical (unpaired) electrons. The lowest BCUT2D eigenvalue weighted by Gasteiger charge is -2.20. The molecular weight excluding hydrogens is 253 g/mol. The van der Waals surface area contributed by atoms with E-state index in [-0.39, 0.29) is 29.4 Å². The molecule has 0 bridgehead atoms. The number of rotatable bonds is 6. The fraction of sp³-hybridized carbons (Fsp3) is 0.538. The van der Waals surface area contributed by atoms with Crippen LogP contribution in [-0.2, 0) is 9.84 Å². The van der Waals surface area contributed by atoms with E-state index in [1.54, 1.807) is 32.0 Å². The normalized spacial score (nSPS) is 15.3. The van der Waals surface area contributed by atoms with Crippen LogP contribution in [0, 0.1) is 5.82 Å². The summed E-state index contributed by atoms with van der Waals surface area (Å²) in [7, 11) is -3.01. The summed E-state index contributed by atoms with van der Waals surface area (Å²) >= 11 is 0. The molecule has 1 rings (SSSR count). The Hall–Kier alpha value is -0.940. The third-order valence-corrected chi connectivity index (χ3v) is 4.74. The molecule has 1 aromatic rings. The van der Waals surface area contributed by atoms with Gasteiger partial charge in [0.15, 0.2) is 9.84 Å². The maximum atomic E-state index is 13.5. The summed E-state index contributed by atoms with van der Waals surface area (Å²) in [5.74, 6) is -0.0712. The van der Waals surface area contributed by atoms with Gasteiger partial charge in [-0.1, -0.05) is 25.1 Å². The Labute approximate surface area is 108 Å². The Morgan fingerprint density at radius 2 is 1.89 bits per heavy atom. The number of hydrogen-bond donors (Lipinski definition) is 1. The van der Waals surface area contributed by atoms with E-state index in [1.807, 2.05) is 6.92 Å². The van der Waals surface area contributed by atoms with Crippen LogP contribution >= 0.6 is 0 Å². The Morgan fingerprint density at radius 1 is 1.28 bits per heavy atom. The molecule has 2 atom stereocenters. The Morgan fingerprint density at radius 3 is 2.44 bits per heavy atom. The molecule has 18 heavy (non-hydrogen) atoms. The van der Waals surface area contributed by atoms with Crippen LogP contribution in [0.3, 0.4) is 0 Å². The van der Waals surface area contributed by atoms with Gasteiger partial charge >= 0.3 is 0 Å². The summed E-state index contributed by atoms with van der Waals surface area (Å²) in [4.78, 5) is 0. The van der Waals surface area contributed by atoms with Crippen LogP contribution in [-0.4, -0.2) is 26.0 Å². The monoisotopic (exact) mass is 273 g/mol. The van der Waals surface area contributed by atoms with Crippen molar-refractivity contribution in [2.45, 2.75) is 32.9 Å². The zero-order valence-corrected chi connectivity index (χ0v) is 11.8. The van der Waals surface area contributed by atoms with Crippen molar-refractivity contribution in [1.82, 2.24) is 5.32 Å². The van der Waals surface area contributed by atoms with E-state index < -0.39 is 9.84 Å². The molecule has 0 saturated carbocycles. The van der Waals surface area contributed by atoms with Crippen LogP contribution in [0.15, 0.2) is 24.3 Å². The molecule has 102 valence electrons. The number of hydrogen-bond acceptors (Lipinski definition) is 3. The Bertz CT molecular complexity index is 488. The lowest BCUT2D eigenvalue weighted by atomic mass is 10.1. The van der Waals surface area contributed by atoms with Gasteiger partial charge in [-0.3, -0.25) is 0 Å². The molecule has 0 aliphatic rings. The molecule has 0 heterocycles. The average Bonchev–Trinajstić information content (AvgIpc) is 2.28. The molecule has 3 nitrogen and oxygen atoms in total. The number of benzene rings is 1. The van der Waals surface area contributed by atoms with Gasteiger partial charge in [0.05, 0.1) is 5.75 Å². The first-order valence-corrected chi connectivity index (χ1v) is 7.88. The van der Waals surface area contributed by atoms with E-state index in [0.29, 0.717) is 5.56 Å². The third kappa shape index (κ3) is 4.38. The third-order valence-electron chi connectivity index (χ3n) is 2.85. The topological polar surface area (TPSA) is 46.2 Å². The van der Waals surface area contributed by atoms with Crippen LogP contribution in [0.2, 0.25) is 0 Å². The number of sulfone groups is 1. The number of halogens is 1. The van der Waals surface area contributed by atoms with E-state index in [4.69, 9.17) is 0 Å². The predicted molar refractivity (Wildman–Crippen MR) is 71.7 cm³/mol. The zero-order valence-electron chi connectivity index (χ0n) is 11.0. The fourth-order valence-corrected chi connectivity index (χ4v) is 2.98. The second-order valence-electron chi connectivity index (χ2n) is 4.51. The highest BCUT2D eigenvalue weighted by Gasteiger charge is 2.17. The summed E-state index contributed by atoms with van der Waals surface area (Å²) < 4.78 is 36.5. The minimum absolute atomic E-state index is 0.0717. The average molecular weight is 273 g/mol. The van der Waals surface area contributed by atoms with E-state index in [0.717, 1.165) is 0 Å². The minimum atomic E-state index is -3.01. The molecule has 0 spiro atoms. The Kier molecular flexibility index (Phi) is 5.28. The van der Waals surface area contributed by atoms with Gasteiger partial charge in [-0.2, -0.15) is 0 Å². The van der Waals surface area contributed by atoms with Gasteiger partial charge < -0.3 is 5.32 Å². The van der Waals surface area contributed by atoms with Crippen molar-refractivity contribution < 1.29 is 12.8 Å². The number of nitrogens with one attached hydrogen (secondary N) is 1. The predicted octanol–water partition coefficient (Wildman–Crippen LogP) is 2.30. The molecular formula is C13H20FNO2S. The van der Waals surface area contributed by atoms with E-state index in [1.165, 1.54) is 6.07 Å². The lowest BCUT2D eigenvalue weighted by Crippen LogP contribution is -2.35. The first-order valence-electron chi connectivity index (χ1n) is 6.06. The molecule has 1 aromatic carbocycles. The van der Waals surface area contributed by atoms with Crippen molar-refractivity contribution in [3.8, 4) is 0 Å². The van der Waals surface area contributed by atoms with Crippen LogP contribution in [0.5, 0.6) is 0 Å². The van der Waals surface area contributed by atoms with Crippen LogP contribution in [0.4, 0.5) is 4.39 Å². The molecule has 5 heteroatoms. The highest BCUT2D eigenvalue weighted by Crippen LogP contribution is 2.16. The molecule has 0 amide bonds. The Balaban J connectivity index is 2.66. The molecule has 0 aromatic heterocycles. The van der Waals surface area contributed by atoms with Crippen LogP contribution in [0.1, 0.15) is 32.4 Å². The van der Waals surface area contributed by atoms with Gasteiger partial charge in [0.1, 0.15) is 5.82 Å². The van der Waals surface area contributed by atoms with Crippen molar-refractivity contribution in [3.63, 3.8) is 0 Å². The summed E-state index contributed by atoms with van der Waals surface area (Å²) in [6, 6.07) is 6.09. The quantitative estimate of drug-likeness (QED) is 0.865. The second kappa shape index (κ2) is 6.29. The fourth-order valence-electron chi connectivity index (χ4n) is 1.89. The standard InChI is InChI=1S/C13H20FNO2S/c1-4-18(16,17)9-10(2)15-11(3)12-7-5-6-8-13(12)14/h5-8,10-11,15H,4,9H2,1-3H3. The molecule has 0 aliphatic carbocycles. The zero-order chi connectivity index (χ0) is 13.8. The van der Waals surface area contributed by atoms with Crippen LogP contribution in [0.25, 0.3) is 0 Å². The van der Waals surface area contributed by atoms with Gasteiger partial charge in [-0.15, -0.1) is 0 Å². The molecule has 0 aliphatic heterocycles. The first kappa shape index (κ1) is 15.1. The summed E-state index contributed by atoms with van der Waals surface area (Å²) in [6.07, 6.45) is 0. The van der Waals surface area contributed by atoms with Crippen molar-refractivity contribution in [3.05, 3.63) is 35.6 Å². The molecule has 0 fully saturated rings. The highest BCUT2D eigenvalue weighted by molar-refractivity contribution is 7.91. The first-order chi connectivity index (χ1) is 8.35. The van der Waals surface area contributed by atoms with Gasteiger partial charge in [-0.25, -0.2) is 12.8 Å². The van der Waals surface area contributed by atoms with Gasteiger partial charge in [0, 0.05) is 23.4 Å². The SMILES string of the molecule is CCS(=O)(=O)CC(C)NC(C)c1ccccc1F. The van der Waals surface area contributed by atoms with Crippen LogP contribution < -0.4 is 5.32 Å². The lowest BCUT2D eigenvalue weighted by molar-refractivity contribution is 0.480. The maximum absolute atomic E-state index is 13.5. The van der Waals surface area contributed by atoms with Crippen molar-refractivity contribution in [2.24, 2.45) is 0 Å². The van der Waals surface area contributed by atoms with Crippen molar-refractivity contribution in [2.75, 3.05) is 11.5 Å². The molecule has 1 N–H and O–H groups in total. The van der Waals surface area contributed by atoms with Gasteiger partial charge in [0.25, 0.3) is 0 Å². The van der Waals surface area contributed by atoms with Crippen molar-refractivity contribution >= 4 is 9.84 Å². The molecule has 2 unspecified atom stereocenters.